The number of fused-ring (bicyclic) bond motifs is 4. The fourth-order valence-corrected chi connectivity index (χ4v) is 6.96. The monoisotopic (exact) mass is 572 g/mol. The van der Waals surface area contributed by atoms with Crippen molar-refractivity contribution in [2.24, 2.45) is 23.7 Å². The first-order valence-corrected chi connectivity index (χ1v) is 13.8. The average molecular weight is 573 g/mol. The Kier molecular flexibility index (Phi) is 5.51. The highest BCUT2D eigenvalue weighted by molar-refractivity contribution is 6.34. The van der Waals surface area contributed by atoms with Crippen LogP contribution in [0, 0.1) is 23.7 Å². The number of likely N-dealkylation sites (tertiary alicyclic amines) is 1. The molecule has 2 saturated heterocycles. The summed E-state index contributed by atoms with van der Waals surface area (Å²) in [4.78, 5) is 109. The van der Waals surface area contributed by atoms with Crippen LogP contribution in [0.4, 0.5) is 0 Å². The summed E-state index contributed by atoms with van der Waals surface area (Å²) >= 11 is 0. The molecule has 4 unspecified atom stereocenters. The minimum atomic E-state index is -1.19. The van der Waals surface area contributed by atoms with E-state index in [0.29, 0.717) is 16.4 Å². The van der Waals surface area contributed by atoms with Gasteiger partial charge in [0.05, 0.1) is 34.8 Å². The molecule has 1 saturated carbocycles. The first-order chi connectivity index (χ1) is 20.1. The van der Waals surface area contributed by atoms with Crippen LogP contribution in [0.2, 0.25) is 0 Å². The molecular formula is C29H24N4O9. The Morgan fingerprint density at radius 2 is 1.00 bits per heavy atom. The number of ether oxygens (including phenoxy) is 1. The Balaban J connectivity index is 1.26. The summed E-state index contributed by atoms with van der Waals surface area (Å²) in [6.07, 6.45) is 1.38. The molecule has 3 fully saturated rings. The molecule has 0 spiro atoms. The molecule has 0 radical (unpaired) electrons. The SMILES string of the molecule is CCCCN1C(=O)c2ccc3c4c(ccc(c24)C1=O)C(=O)N(N1C(=O)C2C4C(=O)N(COCC)C(=O)C4C2C1=O)C3=O. The Labute approximate surface area is 237 Å². The first-order valence-electron chi connectivity index (χ1n) is 13.8. The largest absolute Gasteiger partial charge is 0.361 e. The quantitative estimate of drug-likeness (QED) is 0.441. The van der Waals surface area contributed by atoms with Crippen molar-refractivity contribution >= 4 is 58.0 Å². The number of hydrogen-bond donors (Lipinski definition) is 0. The van der Waals surface area contributed by atoms with Crippen molar-refractivity contribution in [2.75, 3.05) is 19.9 Å². The fraction of sp³-hybridized carbons (Fsp3) is 0.379. The second-order valence-electron chi connectivity index (χ2n) is 10.9. The third-order valence-electron chi connectivity index (χ3n) is 8.95. The highest BCUT2D eigenvalue weighted by atomic mass is 16.5. The van der Waals surface area contributed by atoms with Gasteiger partial charge in [-0.1, -0.05) is 13.3 Å². The van der Waals surface area contributed by atoms with Crippen molar-refractivity contribution in [1.29, 1.82) is 0 Å². The highest BCUT2D eigenvalue weighted by Gasteiger charge is 2.74. The molecule has 5 aliphatic rings. The lowest BCUT2D eigenvalue weighted by molar-refractivity contribution is -0.153. The van der Waals surface area contributed by atoms with Crippen molar-refractivity contribution in [3.63, 3.8) is 0 Å². The molecule has 8 amide bonds. The van der Waals surface area contributed by atoms with Crippen LogP contribution in [0.1, 0.15) is 68.1 Å². The number of nitrogens with zero attached hydrogens (tertiary/aromatic N) is 4. The van der Waals surface area contributed by atoms with Crippen LogP contribution in [0.25, 0.3) is 10.8 Å². The van der Waals surface area contributed by atoms with Crippen LogP contribution < -0.4 is 0 Å². The van der Waals surface area contributed by atoms with Gasteiger partial charge in [-0.25, -0.2) is 0 Å². The number of benzene rings is 2. The van der Waals surface area contributed by atoms with Gasteiger partial charge in [0.25, 0.3) is 35.4 Å². The average Bonchev–Trinajstić information content (AvgIpc) is 3.28. The molecule has 4 aliphatic heterocycles. The van der Waals surface area contributed by atoms with Crippen molar-refractivity contribution in [2.45, 2.75) is 26.7 Å². The van der Waals surface area contributed by atoms with Crippen LogP contribution in [-0.2, 0) is 23.9 Å². The number of carbonyl (C=O) groups excluding carboxylic acids is 8. The fourth-order valence-electron chi connectivity index (χ4n) is 6.96. The number of imide groups is 4. The molecule has 13 heteroatoms. The first kappa shape index (κ1) is 26.1. The van der Waals surface area contributed by atoms with Crippen LogP contribution in [0.3, 0.4) is 0 Å². The second kappa shape index (κ2) is 8.86. The second-order valence-corrected chi connectivity index (χ2v) is 10.9. The lowest BCUT2D eigenvalue weighted by atomic mass is 9.59. The van der Waals surface area contributed by atoms with Crippen LogP contribution >= 0.6 is 0 Å². The minimum absolute atomic E-state index is 0.0668. The summed E-state index contributed by atoms with van der Waals surface area (Å²) in [5.74, 6) is -10.7. The maximum absolute atomic E-state index is 13.8. The standard InChI is InChI=1S/C29H24N4O9/c1-3-5-10-30-22(34)12-6-8-14-17-15(9-7-13(16(12)17)23(30)35)25(37)32(24(14)36)33-28(40)20-18-19(21(20)29(33)41)27(39)31(26(18)38)11-42-4-2/h6-9,18-21H,3-5,10-11H2,1-2H3. The van der Waals surface area contributed by atoms with E-state index in [2.05, 4.69) is 0 Å². The molecule has 0 bridgehead atoms. The Morgan fingerprint density at radius 1 is 0.571 bits per heavy atom. The summed E-state index contributed by atoms with van der Waals surface area (Å²) in [6.45, 7) is 3.81. The van der Waals surface area contributed by atoms with Gasteiger partial charge in [0, 0.05) is 35.1 Å². The lowest BCUT2D eigenvalue weighted by Crippen LogP contribution is -2.55. The molecule has 2 aromatic rings. The van der Waals surface area contributed by atoms with Gasteiger partial charge < -0.3 is 4.74 Å². The normalized spacial score (nSPS) is 26.1. The molecular weight excluding hydrogens is 548 g/mol. The molecule has 13 nitrogen and oxygen atoms in total. The molecule has 4 atom stereocenters. The summed E-state index contributed by atoms with van der Waals surface area (Å²) in [5, 5.41) is 1.18. The smallest absolute Gasteiger partial charge is 0.281 e. The molecule has 7 rings (SSSR count). The Hall–Kier alpha value is -4.78. The van der Waals surface area contributed by atoms with Gasteiger partial charge in [-0.3, -0.25) is 48.2 Å². The van der Waals surface area contributed by atoms with E-state index >= 15 is 0 Å². The van der Waals surface area contributed by atoms with Gasteiger partial charge in [0.15, 0.2) is 0 Å². The predicted molar refractivity (Wildman–Crippen MR) is 139 cm³/mol. The van der Waals surface area contributed by atoms with Crippen molar-refractivity contribution < 1.29 is 43.1 Å². The number of amides is 8. The number of unbranched alkanes of at least 4 members (excludes halogenated alkanes) is 1. The number of rotatable bonds is 7. The Bertz CT molecular complexity index is 1620. The van der Waals surface area contributed by atoms with E-state index in [1.165, 1.54) is 24.3 Å². The third kappa shape index (κ3) is 3.00. The van der Waals surface area contributed by atoms with E-state index in [1.54, 1.807) is 6.92 Å². The zero-order valence-corrected chi connectivity index (χ0v) is 22.6. The van der Waals surface area contributed by atoms with Gasteiger partial charge in [-0.05, 0) is 37.6 Å². The van der Waals surface area contributed by atoms with Crippen molar-refractivity contribution in [3.8, 4) is 0 Å². The molecule has 42 heavy (non-hydrogen) atoms. The molecule has 1 aliphatic carbocycles. The van der Waals surface area contributed by atoms with Crippen LogP contribution in [0.15, 0.2) is 24.3 Å². The minimum Gasteiger partial charge on any atom is -0.361 e. The summed E-state index contributed by atoms with van der Waals surface area (Å²) < 4.78 is 5.19. The number of carbonyl (C=O) groups is 8. The van der Waals surface area contributed by atoms with E-state index in [9.17, 15) is 38.4 Å². The van der Waals surface area contributed by atoms with E-state index in [0.717, 1.165) is 16.2 Å². The van der Waals surface area contributed by atoms with Gasteiger partial charge >= 0.3 is 0 Å². The molecule has 2 aromatic carbocycles. The predicted octanol–water partition coefficient (Wildman–Crippen LogP) is 0.957. The third-order valence-corrected chi connectivity index (χ3v) is 8.95. The lowest BCUT2D eigenvalue weighted by Gasteiger charge is -2.36. The summed E-state index contributed by atoms with van der Waals surface area (Å²) in [5.41, 5.74) is 0.206. The Morgan fingerprint density at radius 3 is 1.43 bits per heavy atom. The van der Waals surface area contributed by atoms with Gasteiger partial charge in [-0.2, -0.15) is 10.0 Å². The van der Waals surface area contributed by atoms with E-state index < -0.39 is 70.9 Å². The van der Waals surface area contributed by atoms with Crippen LogP contribution in [0.5, 0.6) is 0 Å². The molecule has 214 valence electrons. The maximum atomic E-state index is 13.8. The van der Waals surface area contributed by atoms with Gasteiger partial charge in [0.2, 0.25) is 11.8 Å². The molecule has 0 aromatic heterocycles. The van der Waals surface area contributed by atoms with Gasteiger partial charge in [-0.15, -0.1) is 0 Å². The number of hydrazine groups is 1. The zero-order valence-electron chi connectivity index (χ0n) is 22.6. The van der Waals surface area contributed by atoms with Gasteiger partial charge in [0.1, 0.15) is 6.73 Å². The topological polar surface area (TPSA) is 159 Å². The van der Waals surface area contributed by atoms with E-state index in [4.69, 9.17) is 4.74 Å². The highest BCUT2D eigenvalue weighted by Crippen LogP contribution is 2.57. The van der Waals surface area contributed by atoms with Crippen molar-refractivity contribution in [3.05, 3.63) is 46.5 Å². The molecule has 4 heterocycles. The van der Waals surface area contributed by atoms with E-state index in [1.807, 2.05) is 6.92 Å². The number of hydrogen-bond acceptors (Lipinski definition) is 9. The maximum Gasteiger partial charge on any atom is 0.281 e. The van der Waals surface area contributed by atoms with Crippen molar-refractivity contribution in [1.82, 2.24) is 19.8 Å². The molecule has 0 N–H and O–H groups in total. The van der Waals surface area contributed by atoms with E-state index in [-0.39, 0.29) is 52.9 Å². The summed E-state index contributed by atoms with van der Waals surface area (Å²) in [6, 6.07) is 5.48. The zero-order chi connectivity index (χ0) is 29.8. The van der Waals surface area contributed by atoms with Crippen LogP contribution in [-0.4, -0.2) is 87.0 Å². The summed E-state index contributed by atoms with van der Waals surface area (Å²) in [7, 11) is 0.